The zero-order chi connectivity index (χ0) is 14.1. The van der Waals surface area contributed by atoms with Gasteiger partial charge in [-0.3, -0.25) is 14.9 Å². The van der Waals surface area contributed by atoms with Gasteiger partial charge in [-0.25, -0.2) is 4.79 Å². The van der Waals surface area contributed by atoms with Crippen LogP contribution in [0.2, 0.25) is 0 Å². The molecule has 0 aromatic heterocycles. The van der Waals surface area contributed by atoms with Crippen molar-refractivity contribution in [1.29, 1.82) is 0 Å². The Bertz CT molecular complexity index is 326. The van der Waals surface area contributed by atoms with Gasteiger partial charge in [0.15, 0.2) is 0 Å². The molecule has 19 heavy (non-hydrogen) atoms. The minimum Gasteiger partial charge on any atom is -0.481 e. The van der Waals surface area contributed by atoms with Gasteiger partial charge in [-0.1, -0.05) is 0 Å². The van der Waals surface area contributed by atoms with Crippen molar-refractivity contribution < 1.29 is 24.2 Å². The number of hydrogen-bond donors (Lipinski definition) is 3. The zero-order valence-corrected chi connectivity index (χ0v) is 10.8. The van der Waals surface area contributed by atoms with Crippen molar-refractivity contribution in [2.75, 3.05) is 19.8 Å². The van der Waals surface area contributed by atoms with Gasteiger partial charge in [-0.05, 0) is 25.2 Å². The topological polar surface area (TPSA) is 105 Å². The van der Waals surface area contributed by atoms with Crippen LogP contribution in [0.1, 0.15) is 32.1 Å². The van der Waals surface area contributed by atoms with Crippen LogP contribution in [-0.4, -0.2) is 42.8 Å². The highest BCUT2D eigenvalue weighted by molar-refractivity contribution is 5.94. The minimum atomic E-state index is -0.947. The van der Waals surface area contributed by atoms with Crippen molar-refractivity contribution in [3.63, 3.8) is 0 Å². The number of amides is 3. The van der Waals surface area contributed by atoms with Crippen LogP contribution in [0.4, 0.5) is 4.79 Å². The van der Waals surface area contributed by atoms with E-state index in [1.54, 1.807) is 0 Å². The van der Waals surface area contributed by atoms with Gasteiger partial charge in [0.2, 0.25) is 5.91 Å². The maximum Gasteiger partial charge on any atom is 0.321 e. The van der Waals surface area contributed by atoms with Gasteiger partial charge in [0, 0.05) is 32.6 Å². The monoisotopic (exact) mass is 272 g/mol. The van der Waals surface area contributed by atoms with E-state index in [1.165, 1.54) is 0 Å². The van der Waals surface area contributed by atoms with Crippen molar-refractivity contribution >= 4 is 17.9 Å². The van der Waals surface area contributed by atoms with Gasteiger partial charge in [0.05, 0.1) is 0 Å². The molecule has 0 bridgehead atoms. The number of rotatable bonds is 6. The summed E-state index contributed by atoms with van der Waals surface area (Å²) in [5, 5.41) is 13.2. The first-order chi connectivity index (χ1) is 9.08. The van der Waals surface area contributed by atoms with Gasteiger partial charge in [-0.15, -0.1) is 0 Å². The number of carboxylic acid groups (broad SMARTS) is 1. The molecule has 0 aromatic carbocycles. The van der Waals surface area contributed by atoms with Crippen LogP contribution in [0, 0.1) is 5.92 Å². The molecular formula is C12H20N2O5. The Kier molecular flexibility index (Phi) is 6.88. The Hall–Kier alpha value is -1.63. The number of carbonyl (C=O) groups is 3. The fraction of sp³-hybridized carbons (Fsp3) is 0.750. The molecule has 0 saturated carbocycles. The summed E-state index contributed by atoms with van der Waals surface area (Å²) < 4.78 is 5.20. The van der Waals surface area contributed by atoms with Crippen molar-refractivity contribution in [3.8, 4) is 0 Å². The number of carboxylic acids is 1. The van der Waals surface area contributed by atoms with Crippen LogP contribution in [0.3, 0.4) is 0 Å². The predicted molar refractivity (Wildman–Crippen MR) is 66.6 cm³/mol. The average Bonchev–Trinajstić information content (AvgIpc) is 2.37. The molecule has 3 N–H and O–H groups in total. The highest BCUT2D eigenvalue weighted by atomic mass is 16.5. The molecule has 1 fully saturated rings. The third kappa shape index (κ3) is 7.40. The highest BCUT2D eigenvalue weighted by Gasteiger charge is 2.15. The molecule has 1 heterocycles. The number of nitrogens with one attached hydrogen (secondary N) is 2. The first-order valence-corrected chi connectivity index (χ1v) is 6.45. The Morgan fingerprint density at radius 3 is 2.47 bits per heavy atom. The Morgan fingerprint density at radius 2 is 1.84 bits per heavy atom. The molecule has 0 spiro atoms. The number of urea groups is 1. The van der Waals surface area contributed by atoms with Gasteiger partial charge in [0.25, 0.3) is 0 Å². The quantitative estimate of drug-likeness (QED) is 0.653. The Balaban J connectivity index is 2.08. The summed E-state index contributed by atoms with van der Waals surface area (Å²) in [5.41, 5.74) is 0. The lowest BCUT2D eigenvalue weighted by Gasteiger charge is -2.22. The number of hydrogen-bond acceptors (Lipinski definition) is 4. The third-order valence-corrected chi connectivity index (χ3v) is 2.94. The van der Waals surface area contributed by atoms with Crippen LogP contribution in [0.15, 0.2) is 0 Å². The van der Waals surface area contributed by atoms with Crippen molar-refractivity contribution in [1.82, 2.24) is 10.6 Å². The first-order valence-electron chi connectivity index (χ1n) is 6.45. The van der Waals surface area contributed by atoms with E-state index in [9.17, 15) is 14.4 Å². The lowest BCUT2D eigenvalue weighted by Crippen LogP contribution is -2.42. The average molecular weight is 272 g/mol. The normalized spacial score (nSPS) is 15.8. The van der Waals surface area contributed by atoms with Crippen LogP contribution >= 0.6 is 0 Å². The molecule has 7 heteroatoms. The molecular weight excluding hydrogens is 252 g/mol. The van der Waals surface area contributed by atoms with E-state index in [-0.39, 0.29) is 19.3 Å². The molecule has 0 aromatic rings. The summed E-state index contributed by atoms with van der Waals surface area (Å²) >= 11 is 0. The lowest BCUT2D eigenvalue weighted by atomic mass is 10.0. The van der Waals surface area contributed by atoms with Crippen molar-refractivity contribution in [2.24, 2.45) is 5.92 Å². The second-order valence-electron chi connectivity index (χ2n) is 4.56. The van der Waals surface area contributed by atoms with Crippen LogP contribution in [-0.2, 0) is 14.3 Å². The third-order valence-electron chi connectivity index (χ3n) is 2.94. The maximum absolute atomic E-state index is 11.4. The van der Waals surface area contributed by atoms with Gasteiger partial charge in [-0.2, -0.15) is 0 Å². The molecule has 0 atom stereocenters. The first kappa shape index (κ1) is 15.4. The fourth-order valence-electron chi connectivity index (χ4n) is 1.82. The van der Waals surface area contributed by atoms with E-state index in [0.717, 1.165) is 12.8 Å². The van der Waals surface area contributed by atoms with Gasteiger partial charge in [0.1, 0.15) is 0 Å². The van der Waals surface area contributed by atoms with E-state index in [1.807, 2.05) is 0 Å². The largest absolute Gasteiger partial charge is 0.481 e. The van der Waals surface area contributed by atoms with E-state index in [2.05, 4.69) is 10.6 Å². The number of ether oxygens (including phenoxy) is 1. The molecule has 3 amide bonds. The zero-order valence-electron chi connectivity index (χ0n) is 10.8. The number of aliphatic carboxylic acids is 1. The summed E-state index contributed by atoms with van der Waals surface area (Å²) in [7, 11) is 0. The van der Waals surface area contributed by atoms with E-state index >= 15 is 0 Å². The summed E-state index contributed by atoms with van der Waals surface area (Å²) in [4.78, 5) is 33.0. The van der Waals surface area contributed by atoms with Crippen molar-refractivity contribution in [2.45, 2.75) is 32.1 Å². The Morgan fingerprint density at radius 1 is 1.16 bits per heavy atom. The summed E-state index contributed by atoms with van der Waals surface area (Å²) in [5.74, 6) is -1.01. The number of imide groups is 1. The molecule has 7 nitrogen and oxygen atoms in total. The molecule has 1 saturated heterocycles. The van der Waals surface area contributed by atoms with Crippen LogP contribution in [0.25, 0.3) is 0 Å². The highest BCUT2D eigenvalue weighted by Crippen LogP contribution is 2.12. The standard InChI is InChI=1S/C12H20N2O5/c15-10(2-1-3-11(16)17)14-12(18)13-8-9-4-6-19-7-5-9/h9H,1-8H2,(H,16,17)(H2,13,14,15,18). The number of carbonyl (C=O) groups excluding carboxylic acids is 2. The van der Waals surface area contributed by atoms with E-state index in [0.29, 0.717) is 25.7 Å². The SMILES string of the molecule is O=C(O)CCCC(=O)NC(=O)NCC1CCOCC1. The minimum absolute atomic E-state index is 0.0387. The molecule has 0 radical (unpaired) electrons. The summed E-state index contributed by atoms with van der Waals surface area (Å²) in [6.45, 7) is 1.95. The molecule has 0 unspecified atom stereocenters. The predicted octanol–water partition coefficient (Wildman–Crippen LogP) is 0.494. The van der Waals surface area contributed by atoms with Gasteiger partial charge >= 0.3 is 12.0 Å². The van der Waals surface area contributed by atoms with Gasteiger partial charge < -0.3 is 15.2 Å². The molecule has 0 aliphatic carbocycles. The van der Waals surface area contributed by atoms with Crippen LogP contribution in [0.5, 0.6) is 0 Å². The van der Waals surface area contributed by atoms with E-state index < -0.39 is 17.9 Å². The van der Waals surface area contributed by atoms with Crippen molar-refractivity contribution in [3.05, 3.63) is 0 Å². The second-order valence-corrected chi connectivity index (χ2v) is 4.56. The summed E-state index contributed by atoms with van der Waals surface area (Å²) in [6, 6.07) is -0.521. The second kappa shape index (κ2) is 8.47. The molecule has 1 aliphatic heterocycles. The smallest absolute Gasteiger partial charge is 0.321 e. The fourth-order valence-corrected chi connectivity index (χ4v) is 1.82. The van der Waals surface area contributed by atoms with E-state index in [4.69, 9.17) is 9.84 Å². The molecule has 1 rings (SSSR count). The molecule has 1 aliphatic rings. The maximum atomic E-state index is 11.4. The Labute approximate surface area is 111 Å². The lowest BCUT2D eigenvalue weighted by molar-refractivity contribution is -0.137. The summed E-state index contributed by atoms with van der Waals surface area (Å²) in [6.07, 6.45) is 2.02. The molecule has 108 valence electrons. The van der Waals surface area contributed by atoms with Crippen LogP contribution < -0.4 is 10.6 Å².